The van der Waals surface area contributed by atoms with Crippen LogP contribution < -0.4 is 0 Å². The largest absolute Gasteiger partial charge is 0.455 e. The fourth-order valence-corrected chi connectivity index (χ4v) is 1.56. The molecule has 0 spiro atoms. The zero-order chi connectivity index (χ0) is 11.8. The maximum atomic E-state index is 13.3. The summed E-state index contributed by atoms with van der Waals surface area (Å²) in [4.78, 5) is 10.4. The zero-order valence-electron chi connectivity index (χ0n) is 8.74. The van der Waals surface area contributed by atoms with E-state index in [1.807, 2.05) is 0 Å². The molecule has 4 heteroatoms. The van der Waals surface area contributed by atoms with E-state index in [2.05, 4.69) is 0 Å². The minimum absolute atomic E-state index is 0.0888. The first kappa shape index (κ1) is 10.8. The first-order valence-electron chi connectivity index (χ1n) is 4.89. The van der Waals surface area contributed by atoms with Crippen LogP contribution in [0.3, 0.4) is 0 Å². The van der Waals surface area contributed by atoms with Crippen molar-refractivity contribution in [3.05, 3.63) is 35.8 Å². The van der Waals surface area contributed by atoms with Crippen molar-refractivity contribution in [1.29, 1.82) is 0 Å². The van der Waals surface area contributed by atoms with Crippen molar-refractivity contribution in [2.45, 2.75) is 18.9 Å². The van der Waals surface area contributed by atoms with E-state index in [0.717, 1.165) is 0 Å². The molecule has 1 heterocycles. The lowest BCUT2D eigenvalue weighted by molar-refractivity contribution is -0.112. The van der Waals surface area contributed by atoms with Gasteiger partial charge in [0.2, 0.25) is 0 Å². The molecule has 0 saturated carbocycles. The molecule has 0 amide bonds. The van der Waals surface area contributed by atoms with Gasteiger partial charge in [-0.3, -0.25) is 0 Å². The van der Waals surface area contributed by atoms with Gasteiger partial charge in [-0.15, -0.1) is 0 Å². The van der Waals surface area contributed by atoms with Gasteiger partial charge in [-0.05, 0) is 19.1 Å². The van der Waals surface area contributed by atoms with Gasteiger partial charge in [0, 0.05) is 11.8 Å². The Balaban J connectivity index is 2.55. The molecule has 0 aliphatic rings. The van der Waals surface area contributed by atoms with Gasteiger partial charge in [0.1, 0.15) is 17.6 Å². The minimum Gasteiger partial charge on any atom is -0.455 e. The van der Waals surface area contributed by atoms with Gasteiger partial charge in [0.25, 0.3) is 0 Å². The number of carbonyl (C=O) groups is 1. The smallest absolute Gasteiger partial charge is 0.170 e. The third-order valence-electron chi connectivity index (χ3n) is 2.51. The first-order chi connectivity index (χ1) is 7.54. The molecule has 1 atom stereocenters. The molecule has 1 aromatic heterocycles. The summed E-state index contributed by atoms with van der Waals surface area (Å²) in [6.45, 7) is 1.46. The van der Waals surface area contributed by atoms with Crippen molar-refractivity contribution in [3.8, 4) is 0 Å². The highest BCUT2D eigenvalue weighted by Gasteiger charge is 2.27. The molecule has 3 nitrogen and oxygen atoms in total. The molecule has 2 rings (SSSR count). The molecule has 0 fully saturated rings. The van der Waals surface area contributed by atoms with E-state index < -0.39 is 11.4 Å². The van der Waals surface area contributed by atoms with Crippen LogP contribution in [0.25, 0.3) is 11.0 Å². The van der Waals surface area contributed by atoms with Crippen LogP contribution in [0.15, 0.2) is 28.7 Å². The van der Waals surface area contributed by atoms with Crippen molar-refractivity contribution >= 4 is 17.3 Å². The number of aldehydes is 1. The number of rotatable bonds is 3. The minimum atomic E-state index is -1.40. The van der Waals surface area contributed by atoms with Gasteiger partial charge < -0.3 is 14.3 Å². The van der Waals surface area contributed by atoms with Crippen molar-refractivity contribution < 1.29 is 18.7 Å². The highest BCUT2D eigenvalue weighted by atomic mass is 19.1. The van der Waals surface area contributed by atoms with E-state index in [4.69, 9.17) is 4.42 Å². The molecule has 84 valence electrons. The van der Waals surface area contributed by atoms with Crippen LogP contribution in [0.5, 0.6) is 0 Å². The van der Waals surface area contributed by atoms with E-state index in [-0.39, 0.29) is 17.8 Å². The average Bonchev–Trinajstić information content (AvgIpc) is 2.63. The standard InChI is InChI=1S/C12H11FO3/c1-12(15,5-6-14)10-7-8-3-2-4-9(13)11(8)16-10/h2-4,6-7,15H,5H2,1H3. The molecular weight excluding hydrogens is 211 g/mol. The van der Waals surface area contributed by atoms with Crippen molar-refractivity contribution in [2.75, 3.05) is 0 Å². The normalized spacial score (nSPS) is 14.9. The number of furan rings is 1. The predicted octanol–water partition coefficient (Wildman–Crippen LogP) is 2.37. The Morgan fingerprint density at radius 3 is 2.94 bits per heavy atom. The Hall–Kier alpha value is -1.68. The van der Waals surface area contributed by atoms with E-state index in [9.17, 15) is 14.3 Å². The van der Waals surface area contributed by atoms with Crippen molar-refractivity contribution in [2.24, 2.45) is 0 Å². The van der Waals surface area contributed by atoms with Gasteiger partial charge >= 0.3 is 0 Å². The molecule has 1 aromatic carbocycles. The Labute approximate surface area is 91.5 Å². The number of para-hydroxylation sites is 1. The lowest BCUT2D eigenvalue weighted by Gasteiger charge is -2.16. The number of hydrogen-bond acceptors (Lipinski definition) is 3. The Morgan fingerprint density at radius 1 is 1.56 bits per heavy atom. The lowest BCUT2D eigenvalue weighted by atomic mass is 10.00. The average molecular weight is 222 g/mol. The van der Waals surface area contributed by atoms with Gasteiger partial charge in [0.15, 0.2) is 11.4 Å². The fraction of sp³-hybridized carbons (Fsp3) is 0.250. The van der Waals surface area contributed by atoms with Gasteiger partial charge in [-0.1, -0.05) is 12.1 Å². The third kappa shape index (κ3) is 1.72. The Morgan fingerprint density at radius 2 is 2.31 bits per heavy atom. The van der Waals surface area contributed by atoms with Crippen LogP contribution in [0, 0.1) is 5.82 Å². The highest BCUT2D eigenvalue weighted by Crippen LogP contribution is 2.30. The van der Waals surface area contributed by atoms with Crippen molar-refractivity contribution in [1.82, 2.24) is 0 Å². The molecule has 16 heavy (non-hydrogen) atoms. The molecule has 0 radical (unpaired) electrons. The van der Waals surface area contributed by atoms with E-state index >= 15 is 0 Å². The summed E-state index contributed by atoms with van der Waals surface area (Å²) in [6, 6.07) is 6.07. The zero-order valence-corrected chi connectivity index (χ0v) is 8.74. The van der Waals surface area contributed by atoms with Gasteiger partial charge in [0.05, 0.1) is 0 Å². The van der Waals surface area contributed by atoms with Gasteiger partial charge in [-0.25, -0.2) is 4.39 Å². The summed E-state index contributed by atoms with van der Waals surface area (Å²) >= 11 is 0. The topological polar surface area (TPSA) is 50.4 Å². The number of fused-ring (bicyclic) bond motifs is 1. The molecular formula is C12H11FO3. The Bertz CT molecular complexity index is 528. The maximum Gasteiger partial charge on any atom is 0.170 e. The molecule has 1 unspecified atom stereocenters. The SMILES string of the molecule is CC(O)(CC=O)c1cc2cccc(F)c2o1. The van der Waals surface area contributed by atoms with Crippen LogP contribution >= 0.6 is 0 Å². The number of aliphatic hydroxyl groups is 1. The number of carbonyl (C=O) groups excluding carboxylic acids is 1. The Kier molecular flexibility index (Phi) is 2.52. The van der Waals surface area contributed by atoms with Crippen LogP contribution in [-0.2, 0) is 10.4 Å². The summed E-state index contributed by atoms with van der Waals surface area (Å²) in [5, 5.41) is 10.5. The molecule has 1 N–H and O–H groups in total. The summed E-state index contributed by atoms with van der Waals surface area (Å²) in [5.74, 6) is -0.287. The lowest BCUT2D eigenvalue weighted by Crippen LogP contribution is -2.20. The summed E-state index contributed by atoms with van der Waals surface area (Å²) in [6.07, 6.45) is 0.512. The number of halogens is 1. The highest BCUT2D eigenvalue weighted by molar-refractivity contribution is 5.78. The quantitative estimate of drug-likeness (QED) is 0.811. The van der Waals surface area contributed by atoms with E-state index in [1.165, 1.54) is 13.0 Å². The van der Waals surface area contributed by atoms with Gasteiger partial charge in [-0.2, -0.15) is 0 Å². The third-order valence-corrected chi connectivity index (χ3v) is 2.51. The second kappa shape index (κ2) is 3.72. The van der Waals surface area contributed by atoms with E-state index in [0.29, 0.717) is 11.7 Å². The maximum absolute atomic E-state index is 13.3. The van der Waals surface area contributed by atoms with Crippen LogP contribution in [0.4, 0.5) is 4.39 Å². The molecule has 0 aliphatic heterocycles. The summed E-state index contributed by atoms with van der Waals surface area (Å²) in [5.41, 5.74) is -1.30. The second-order valence-corrected chi connectivity index (χ2v) is 3.91. The molecule has 0 aliphatic carbocycles. The summed E-state index contributed by atoms with van der Waals surface area (Å²) in [7, 11) is 0. The predicted molar refractivity (Wildman–Crippen MR) is 56.4 cm³/mol. The molecule has 2 aromatic rings. The van der Waals surface area contributed by atoms with Crippen LogP contribution in [-0.4, -0.2) is 11.4 Å². The molecule has 0 bridgehead atoms. The van der Waals surface area contributed by atoms with Crippen LogP contribution in [0.1, 0.15) is 19.1 Å². The van der Waals surface area contributed by atoms with Crippen molar-refractivity contribution in [3.63, 3.8) is 0 Å². The number of hydrogen-bond donors (Lipinski definition) is 1. The monoisotopic (exact) mass is 222 g/mol. The number of benzene rings is 1. The van der Waals surface area contributed by atoms with Crippen LogP contribution in [0.2, 0.25) is 0 Å². The van der Waals surface area contributed by atoms with E-state index in [1.54, 1.807) is 18.2 Å². The second-order valence-electron chi connectivity index (χ2n) is 3.91. The first-order valence-corrected chi connectivity index (χ1v) is 4.89. The fourth-order valence-electron chi connectivity index (χ4n) is 1.56. The molecule has 0 saturated heterocycles. The summed E-state index contributed by atoms with van der Waals surface area (Å²) < 4.78 is 18.6.